The van der Waals surface area contributed by atoms with Gasteiger partial charge in [-0.05, 0) is 36.6 Å². The summed E-state index contributed by atoms with van der Waals surface area (Å²) < 4.78 is 26.1. The molecule has 0 fully saturated rings. The average Bonchev–Trinajstić information content (AvgIpc) is 2.31. The summed E-state index contributed by atoms with van der Waals surface area (Å²) in [6.45, 7) is 4.13. The maximum atomic E-state index is 13.2. The van der Waals surface area contributed by atoms with Crippen molar-refractivity contribution in [2.45, 2.75) is 20.3 Å². The maximum Gasteiger partial charge on any atom is 0.161 e. The van der Waals surface area contributed by atoms with E-state index in [2.05, 4.69) is 23.8 Å². The summed E-state index contributed by atoms with van der Waals surface area (Å²) in [5.41, 5.74) is 1.20. The van der Waals surface area contributed by atoms with Crippen molar-refractivity contribution in [1.82, 2.24) is 9.97 Å². The van der Waals surface area contributed by atoms with E-state index in [-0.39, 0.29) is 0 Å². The van der Waals surface area contributed by atoms with E-state index in [1.807, 2.05) is 0 Å². The van der Waals surface area contributed by atoms with Gasteiger partial charge in [-0.3, -0.25) is 0 Å². The largest absolute Gasteiger partial charge is 0.233 e. The first-order valence-corrected chi connectivity index (χ1v) is 6.32. The monoisotopic (exact) mass is 282 g/mol. The van der Waals surface area contributed by atoms with E-state index in [0.29, 0.717) is 22.5 Å². The van der Waals surface area contributed by atoms with Crippen LogP contribution in [0.2, 0.25) is 5.15 Å². The summed E-state index contributed by atoms with van der Waals surface area (Å²) in [4.78, 5) is 8.38. The number of aromatic nitrogens is 2. The molecule has 0 saturated carbocycles. The fraction of sp³-hybridized carbons (Fsp3) is 0.286. The summed E-state index contributed by atoms with van der Waals surface area (Å²) in [5, 5.41) is 0.297. The Hall–Kier alpha value is -1.55. The van der Waals surface area contributed by atoms with Crippen molar-refractivity contribution in [3.63, 3.8) is 0 Å². The standard InChI is InChI=1S/C14H13ClF2N2/c1-8(2)5-10-7-13(15)19-14(18-10)9-3-4-11(16)12(17)6-9/h3-4,6-8H,5H2,1-2H3. The Morgan fingerprint density at radius 3 is 2.47 bits per heavy atom. The molecule has 5 heteroatoms. The van der Waals surface area contributed by atoms with E-state index in [1.54, 1.807) is 6.07 Å². The number of rotatable bonds is 3. The molecule has 0 aliphatic carbocycles. The first-order chi connectivity index (χ1) is 8.95. The molecule has 1 aromatic heterocycles. The molecule has 0 amide bonds. The molecule has 2 rings (SSSR count). The smallest absolute Gasteiger partial charge is 0.161 e. The third-order valence-electron chi connectivity index (χ3n) is 2.54. The fourth-order valence-electron chi connectivity index (χ4n) is 1.75. The van der Waals surface area contributed by atoms with E-state index in [9.17, 15) is 8.78 Å². The van der Waals surface area contributed by atoms with Crippen LogP contribution in [0.15, 0.2) is 24.3 Å². The lowest BCUT2D eigenvalue weighted by molar-refractivity contribution is 0.509. The first kappa shape index (κ1) is 13.9. The van der Waals surface area contributed by atoms with Crippen molar-refractivity contribution < 1.29 is 8.78 Å². The second-order valence-electron chi connectivity index (χ2n) is 4.73. The predicted octanol–water partition coefficient (Wildman–Crippen LogP) is 4.27. The molecular weight excluding hydrogens is 270 g/mol. The van der Waals surface area contributed by atoms with E-state index in [1.165, 1.54) is 6.07 Å². The Balaban J connectivity index is 2.43. The summed E-state index contributed by atoms with van der Waals surface area (Å²) in [5.74, 6) is -1.09. The number of nitrogens with zero attached hydrogens (tertiary/aromatic N) is 2. The van der Waals surface area contributed by atoms with E-state index < -0.39 is 11.6 Å². The van der Waals surface area contributed by atoms with Crippen LogP contribution < -0.4 is 0 Å². The third-order valence-corrected chi connectivity index (χ3v) is 2.74. The van der Waals surface area contributed by atoms with Gasteiger partial charge in [0.05, 0.1) is 0 Å². The highest BCUT2D eigenvalue weighted by Crippen LogP contribution is 2.21. The van der Waals surface area contributed by atoms with Crippen LogP contribution in [0.4, 0.5) is 8.78 Å². The molecule has 2 aromatic rings. The van der Waals surface area contributed by atoms with Crippen LogP contribution in [0.5, 0.6) is 0 Å². The minimum atomic E-state index is -0.925. The van der Waals surface area contributed by atoms with Gasteiger partial charge in [0.1, 0.15) is 5.15 Å². The molecule has 0 radical (unpaired) electrons. The second kappa shape index (κ2) is 5.61. The zero-order valence-corrected chi connectivity index (χ0v) is 11.4. The summed E-state index contributed by atoms with van der Waals surface area (Å²) in [6.07, 6.45) is 0.749. The minimum absolute atomic E-state index is 0.297. The molecule has 19 heavy (non-hydrogen) atoms. The van der Waals surface area contributed by atoms with Crippen molar-refractivity contribution in [3.05, 3.63) is 46.7 Å². The molecule has 1 heterocycles. The van der Waals surface area contributed by atoms with Gasteiger partial charge in [0.15, 0.2) is 17.5 Å². The topological polar surface area (TPSA) is 25.8 Å². The maximum absolute atomic E-state index is 13.2. The lowest BCUT2D eigenvalue weighted by atomic mass is 10.1. The predicted molar refractivity (Wildman–Crippen MR) is 70.9 cm³/mol. The fourth-order valence-corrected chi connectivity index (χ4v) is 1.96. The zero-order valence-electron chi connectivity index (χ0n) is 10.6. The Morgan fingerprint density at radius 1 is 1.11 bits per heavy atom. The molecule has 0 spiro atoms. The van der Waals surface area contributed by atoms with Gasteiger partial charge in [0, 0.05) is 11.3 Å². The third kappa shape index (κ3) is 3.47. The number of benzene rings is 1. The van der Waals surface area contributed by atoms with Crippen LogP contribution in [0, 0.1) is 17.6 Å². The van der Waals surface area contributed by atoms with Crippen LogP contribution in [0.1, 0.15) is 19.5 Å². The van der Waals surface area contributed by atoms with Gasteiger partial charge in [-0.2, -0.15) is 0 Å². The van der Waals surface area contributed by atoms with Crippen molar-refractivity contribution in [1.29, 1.82) is 0 Å². The van der Waals surface area contributed by atoms with Gasteiger partial charge in [-0.15, -0.1) is 0 Å². The van der Waals surface area contributed by atoms with Crippen molar-refractivity contribution in [3.8, 4) is 11.4 Å². The van der Waals surface area contributed by atoms with Gasteiger partial charge in [-0.25, -0.2) is 18.7 Å². The van der Waals surface area contributed by atoms with Crippen LogP contribution in [0.3, 0.4) is 0 Å². The van der Waals surface area contributed by atoms with Crippen LogP contribution >= 0.6 is 11.6 Å². The molecule has 0 unspecified atom stereocenters. The van der Waals surface area contributed by atoms with Crippen LogP contribution in [0.25, 0.3) is 11.4 Å². The quantitative estimate of drug-likeness (QED) is 0.786. The summed E-state index contributed by atoms with van der Waals surface area (Å²) in [6, 6.07) is 5.24. The van der Waals surface area contributed by atoms with Crippen molar-refractivity contribution >= 4 is 11.6 Å². The lowest BCUT2D eigenvalue weighted by Gasteiger charge is -2.07. The van der Waals surface area contributed by atoms with Gasteiger partial charge < -0.3 is 0 Å². The molecule has 1 aromatic carbocycles. The molecule has 2 nitrogen and oxygen atoms in total. The zero-order chi connectivity index (χ0) is 14.0. The minimum Gasteiger partial charge on any atom is -0.233 e. The molecular formula is C14H13ClF2N2. The molecule has 0 atom stereocenters. The summed E-state index contributed by atoms with van der Waals surface area (Å²) >= 11 is 5.94. The van der Waals surface area contributed by atoms with Gasteiger partial charge >= 0.3 is 0 Å². The van der Waals surface area contributed by atoms with Crippen LogP contribution in [-0.2, 0) is 6.42 Å². The summed E-state index contributed by atoms with van der Waals surface area (Å²) in [7, 11) is 0. The van der Waals surface area contributed by atoms with E-state index in [4.69, 9.17) is 11.6 Å². The van der Waals surface area contributed by atoms with E-state index in [0.717, 1.165) is 24.2 Å². The Kier molecular flexibility index (Phi) is 4.10. The first-order valence-electron chi connectivity index (χ1n) is 5.94. The SMILES string of the molecule is CC(C)Cc1cc(Cl)nc(-c2ccc(F)c(F)c2)n1. The van der Waals surface area contributed by atoms with Crippen molar-refractivity contribution in [2.24, 2.45) is 5.92 Å². The number of hydrogen-bond acceptors (Lipinski definition) is 2. The van der Waals surface area contributed by atoms with Crippen molar-refractivity contribution in [2.75, 3.05) is 0 Å². The molecule has 0 saturated heterocycles. The average molecular weight is 283 g/mol. The highest BCUT2D eigenvalue weighted by atomic mass is 35.5. The molecule has 100 valence electrons. The van der Waals surface area contributed by atoms with E-state index >= 15 is 0 Å². The van der Waals surface area contributed by atoms with Gasteiger partial charge in [0.2, 0.25) is 0 Å². The Bertz CT molecular complexity index is 600. The van der Waals surface area contributed by atoms with Crippen LogP contribution in [-0.4, -0.2) is 9.97 Å². The number of hydrogen-bond donors (Lipinski definition) is 0. The second-order valence-corrected chi connectivity index (χ2v) is 5.12. The Labute approximate surface area is 115 Å². The molecule has 0 aliphatic heterocycles. The van der Waals surface area contributed by atoms with Gasteiger partial charge in [-0.1, -0.05) is 25.4 Å². The number of halogens is 3. The molecule has 0 aliphatic rings. The highest BCUT2D eigenvalue weighted by molar-refractivity contribution is 6.29. The Morgan fingerprint density at radius 2 is 1.84 bits per heavy atom. The molecule has 0 N–H and O–H groups in total. The molecule has 0 bridgehead atoms. The lowest BCUT2D eigenvalue weighted by Crippen LogP contribution is -2.01. The van der Waals surface area contributed by atoms with Gasteiger partial charge in [0.25, 0.3) is 0 Å². The normalized spacial score (nSPS) is 11.1. The highest BCUT2D eigenvalue weighted by Gasteiger charge is 2.10.